The van der Waals surface area contributed by atoms with Gasteiger partial charge in [-0.2, -0.15) is 0 Å². The van der Waals surface area contributed by atoms with Crippen LogP contribution in [0.25, 0.3) is 11.3 Å². The Morgan fingerprint density at radius 2 is 1.81 bits per heavy atom. The quantitative estimate of drug-likeness (QED) is 0.482. The normalized spacial score (nSPS) is 13.9. The van der Waals surface area contributed by atoms with E-state index in [2.05, 4.69) is 55.4 Å². The summed E-state index contributed by atoms with van der Waals surface area (Å²) in [4.78, 5) is 9.45. The number of aromatic nitrogens is 2. The van der Waals surface area contributed by atoms with Crippen LogP contribution in [0.3, 0.4) is 0 Å². The predicted octanol–water partition coefficient (Wildman–Crippen LogP) is 5.11. The van der Waals surface area contributed by atoms with Crippen LogP contribution in [0.5, 0.6) is 11.5 Å². The molecule has 0 spiro atoms. The first kappa shape index (κ1) is 22.1. The number of nitrogens with zero attached hydrogens (tertiary/aromatic N) is 2. The summed E-state index contributed by atoms with van der Waals surface area (Å²) in [5.41, 5.74) is 5.45. The smallest absolute Gasteiger partial charge is 0.227 e. The number of anilines is 2. The molecule has 6 nitrogen and oxygen atoms in total. The summed E-state index contributed by atoms with van der Waals surface area (Å²) in [5, 5.41) is 6.66. The summed E-state index contributed by atoms with van der Waals surface area (Å²) in [6.45, 7) is 10.2. The molecule has 2 N–H and O–H groups in total. The van der Waals surface area contributed by atoms with Crippen LogP contribution in [-0.4, -0.2) is 36.3 Å². The van der Waals surface area contributed by atoms with Crippen LogP contribution < -0.4 is 20.1 Å². The molecule has 0 bridgehead atoms. The third-order valence-electron chi connectivity index (χ3n) is 5.74. The summed E-state index contributed by atoms with van der Waals surface area (Å²) in [5.74, 6) is 2.25. The average Bonchev–Trinajstić information content (AvgIpc) is 2.77. The summed E-state index contributed by atoms with van der Waals surface area (Å²) in [6, 6.07) is 14.6. The number of rotatable bonds is 8. The van der Waals surface area contributed by atoms with Crippen molar-refractivity contribution in [1.82, 2.24) is 15.3 Å². The van der Waals surface area contributed by atoms with Crippen LogP contribution >= 0.6 is 0 Å². The number of methoxy groups -OCH3 is 1. The van der Waals surface area contributed by atoms with Gasteiger partial charge in [-0.05, 0) is 59.4 Å². The molecule has 32 heavy (non-hydrogen) atoms. The Labute approximate surface area is 190 Å². The van der Waals surface area contributed by atoms with Crippen molar-refractivity contribution in [2.45, 2.75) is 45.6 Å². The van der Waals surface area contributed by atoms with Gasteiger partial charge < -0.3 is 20.1 Å². The summed E-state index contributed by atoms with van der Waals surface area (Å²) in [7, 11) is 1.69. The fourth-order valence-electron chi connectivity index (χ4n) is 4.12. The standard InChI is InChI=1S/C26H32N4O2/c1-17(2)27-12-13-32-20-8-6-19(7-9-20)29-25-28-16-18-15-26(3,4)23-11-10-21(31-5)14-22(23)24(18)30-25/h6-11,14,16-17,27H,12-13,15H2,1-5H3,(H,28,29,30). The highest BCUT2D eigenvalue weighted by atomic mass is 16.5. The average molecular weight is 433 g/mol. The second kappa shape index (κ2) is 9.17. The van der Waals surface area contributed by atoms with Gasteiger partial charge >= 0.3 is 0 Å². The van der Waals surface area contributed by atoms with Gasteiger partial charge in [0.05, 0.1) is 12.8 Å². The third kappa shape index (κ3) is 4.86. The van der Waals surface area contributed by atoms with Crippen LogP contribution in [0.1, 0.15) is 38.8 Å². The number of ether oxygens (including phenoxy) is 2. The highest BCUT2D eigenvalue weighted by molar-refractivity contribution is 5.74. The number of nitrogens with one attached hydrogen (secondary N) is 2. The molecular formula is C26H32N4O2. The summed E-state index contributed by atoms with van der Waals surface area (Å²) < 4.78 is 11.3. The molecular weight excluding hydrogens is 400 g/mol. The molecule has 0 atom stereocenters. The zero-order valence-electron chi connectivity index (χ0n) is 19.5. The Bertz CT molecular complexity index is 1080. The van der Waals surface area contributed by atoms with Crippen molar-refractivity contribution in [1.29, 1.82) is 0 Å². The van der Waals surface area contributed by atoms with Gasteiger partial charge in [0.1, 0.15) is 18.1 Å². The van der Waals surface area contributed by atoms with E-state index in [4.69, 9.17) is 14.5 Å². The Kier molecular flexibility index (Phi) is 6.33. The molecule has 1 aliphatic carbocycles. The summed E-state index contributed by atoms with van der Waals surface area (Å²) >= 11 is 0. The Morgan fingerprint density at radius 1 is 1.06 bits per heavy atom. The largest absolute Gasteiger partial charge is 0.497 e. The van der Waals surface area contributed by atoms with E-state index in [0.717, 1.165) is 47.0 Å². The second-order valence-corrected chi connectivity index (χ2v) is 9.15. The maximum atomic E-state index is 5.78. The van der Waals surface area contributed by atoms with Gasteiger partial charge in [0, 0.05) is 30.0 Å². The SMILES string of the molecule is COc1ccc2c(c1)-c1nc(Nc3ccc(OCCNC(C)C)cc3)ncc1CC2(C)C. The van der Waals surface area contributed by atoms with E-state index >= 15 is 0 Å². The van der Waals surface area contributed by atoms with E-state index < -0.39 is 0 Å². The number of hydrogen-bond donors (Lipinski definition) is 2. The fourth-order valence-corrected chi connectivity index (χ4v) is 4.12. The van der Waals surface area contributed by atoms with Crippen molar-refractivity contribution in [3.63, 3.8) is 0 Å². The molecule has 4 rings (SSSR count). The van der Waals surface area contributed by atoms with E-state index in [0.29, 0.717) is 18.6 Å². The van der Waals surface area contributed by atoms with Crippen molar-refractivity contribution in [2.24, 2.45) is 0 Å². The van der Waals surface area contributed by atoms with Gasteiger partial charge in [-0.25, -0.2) is 9.97 Å². The van der Waals surface area contributed by atoms with Crippen LogP contribution in [0.15, 0.2) is 48.7 Å². The molecule has 0 aliphatic heterocycles. The molecule has 1 aromatic heterocycles. The van der Waals surface area contributed by atoms with Crippen LogP contribution in [0.2, 0.25) is 0 Å². The first-order valence-corrected chi connectivity index (χ1v) is 11.1. The van der Waals surface area contributed by atoms with Crippen LogP contribution in [0, 0.1) is 0 Å². The molecule has 0 unspecified atom stereocenters. The lowest BCUT2D eigenvalue weighted by atomic mass is 9.72. The minimum atomic E-state index is 0.0213. The lowest BCUT2D eigenvalue weighted by molar-refractivity contribution is 0.309. The Hall–Kier alpha value is -3.12. The molecule has 6 heteroatoms. The van der Waals surface area contributed by atoms with Gasteiger partial charge in [0.2, 0.25) is 5.95 Å². The molecule has 168 valence electrons. The van der Waals surface area contributed by atoms with Crippen LogP contribution in [-0.2, 0) is 11.8 Å². The number of fused-ring (bicyclic) bond motifs is 3. The lowest BCUT2D eigenvalue weighted by Crippen LogP contribution is -2.27. The first-order valence-electron chi connectivity index (χ1n) is 11.1. The minimum Gasteiger partial charge on any atom is -0.497 e. The van der Waals surface area contributed by atoms with Gasteiger partial charge in [-0.1, -0.05) is 33.8 Å². The minimum absolute atomic E-state index is 0.0213. The zero-order chi connectivity index (χ0) is 22.7. The van der Waals surface area contributed by atoms with Gasteiger partial charge in [0.25, 0.3) is 0 Å². The highest BCUT2D eigenvalue weighted by Gasteiger charge is 2.32. The Morgan fingerprint density at radius 3 is 2.53 bits per heavy atom. The molecule has 0 saturated carbocycles. The zero-order valence-corrected chi connectivity index (χ0v) is 19.5. The molecule has 0 saturated heterocycles. The first-order chi connectivity index (χ1) is 15.4. The molecule has 0 radical (unpaired) electrons. The molecule has 3 aromatic rings. The number of benzene rings is 2. The topological polar surface area (TPSA) is 68.3 Å². The van der Waals surface area contributed by atoms with E-state index in [9.17, 15) is 0 Å². The summed E-state index contributed by atoms with van der Waals surface area (Å²) in [6.07, 6.45) is 2.84. The second-order valence-electron chi connectivity index (χ2n) is 9.15. The highest BCUT2D eigenvalue weighted by Crippen LogP contribution is 2.43. The monoisotopic (exact) mass is 432 g/mol. The van der Waals surface area contributed by atoms with Crippen molar-refractivity contribution >= 4 is 11.6 Å². The fraction of sp³-hybridized carbons (Fsp3) is 0.385. The van der Waals surface area contributed by atoms with Gasteiger partial charge in [0.15, 0.2) is 0 Å². The Balaban J connectivity index is 1.51. The lowest BCUT2D eigenvalue weighted by Gasteiger charge is -2.33. The van der Waals surface area contributed by atoms with E-state index in [-0.39, 0.29) is 5.41 Å². The van der Waals surface area contributed by atoms with E-state index in [1.54, 1.807) is 7.11 Å². The van der Waals surface area contributed by atoms with Crippen molar-refractivity contribution in [3.05, 3.63) is 59.8 Å². The molecule has 0 fully saturated rings. The van der Waals surface area contributed by atoms with Crippen molar-refractivity contribution < 1.29 is 9.47 Å². The van der Waals surface area contributed by atoms with E-state index in [1.807, 2.05) is 36.5 Å². The third-order valence-corrected chi connectivity index (χ3v) is 5.74. The van der Waals surface area contributed by atoms with Gasteiger partial charge in [-0.15, -0.1) is 0 Å². The molecule has 1 aliphatic rings. The molecule has 2 aromatic carbocycles. The maximum Gasteiger partial charge on any atom is 0.227 e. The molecule has 0 amide bonds. The van der Waals surface area contributed by atoms with Crippen molar-refractivity contribution in [2.75, 3.05) is 25.6 Å². The molecule has 1 heterocycles. The van der Waals surface area contributed by atoms with Crippen molar-refractivity contribution in [3.8, 4) is 22.8 Å². The maximum absolute atomic E-state index is 5.78. The number of hydrogen-bond acceptors (Lipinski definition) is 6. The predicted molar refractivity (Wildman–Crippen MR) is 129 cm³/mol. The van der Waals surface area contributed by atoms with Crippen LogP contribution in [0.4, 0.5) is 11.6 Å². The van der Waals surface area contributed by atoms with E-state index in [1.165, 1.54) is 5.56 Å². The van der Waals surface area contributed by atoms with Gasteiger partial charge in [-0.3, -0.25) is 0 Å².